The molecule has 1 aliphatic rings. The van der Waals surface area contributed by atoms with E-state index in [1.165, 1.54) is 12.1 Å². The Morgan fingerprint density at radius 3 is 2.83 bits per heavy atom. The normalized spacial score (nSPS) is 18.6. The van der Waals surface area contributed by atoms with Crippen molar-refractivity contribution < 1.29 is 9.18 Å². The number of rotatable bonds is 2. The van der Waals surface area contributed by atoms with Crippen molar-refractivity contribution in [2.75, 3.05) is 20.1 Å². The molecule has 1 aromatic carbocycles. The first-order valence-corrected chi connectivity index (χ1v) is 6.32. The Balaban J connectivity index is 0.00000162. The maximum Gasteiger partial charge on any atom is 0.256 e. The highest BCUT2D eigenvalue weighted by molar-refractivity contribution is 9.10. The van der Waals surface area contributed by atoms with Gasteiger partial charge in [0.15, 0.2) is 0 Å². The lowest BCUT2D eigenvalue weighted by molar-refractivity contribution is 0.0785. The average molecular weight is 338 g/mol. The summed E-state index contributed by atoms with van der Waals surface area (Å²) in [5, 5.41) is 3.13. The second-order valence-corrected chi connectivity index (χ2v) is 5.07. The third-order valence-electron chi connectivity index (χ3n) is 3.05. The second-order valence-electron chi connectivity index (χ2n) is 4.15. The zero-order valence-electron chi connectivity index (χ0n) is 9.95. The van der Waals surface area contributed by atoms with E-state index in [1.807, 2.05) is 7.05 Å². The smallest absolute Gasteiger partial charge is 0.256 e. The lowest BCUT2D eigenvalue weighted by Gasteiger charge is -2.16. The van der Waals surface area contributed by atoms with E-state index in [1.54, 1.807) is 11.0 Å². The minimum atomic E-state index is -0.475. The van der Waals surface area contributed by atoms with Crippen molar-refractivity contribution in [2.45, 2.75) is 12.5 Å². The van der Waals surface area contributed by atoms with Crippen molar-refractivity contribution in [3.8, 4) is 0 Å². The van der Waals surface area contributed by atoms with E-state index in [0.717, 1.165) is 6.42 Å². The first-order chi connectivity index (χ1) is 8.11. The van der Waals surface area contributed by atoms with Crippen LogP contribution in [0.3, 0.4) is 0 Å². The topological polar surface area (TPSA) is 32.3 Å². The third kappa shape index (κ3) is 3.22. The number of amides is 1. The van der Waals surface area contributed by atoms with Gasteiger partial charge in [0.2, 0.25) is 0 Å². The largest absolute Gasteiger partial charge is 0.337 e. The number of nitrogens with zero attached hydrogens (tertiary/aromatic N) is 1. The molecule has 1 unspecified atom stereocenters. The highest BCUT2D eigenvalue weighted by Crippen LogP contribution is 2.19. The number of halogens is 3. The lowest BCUT2D eigenvalue weighted by atomic mass is 10.2. The van der Waals surface area contributed by atoms with Gasteiger partial charge in [0.1, 0.15) is 5.82 Å². The fraction of sp³-hybridized carbons (Fsp3) is 0.417. The summed E-state index contributed by atoms with van der Waals surface area (Å²) in [5.41, 5.74) is 0.143. The fourth-order valence-electron chi connectivity index (χ4n) is 2.01. The van der Waals surface area contributed by atoms with E-state index < -0.39 is 5.82 Å². The molecule has 1 amide bonds. The highest BCUT2D eigenvalue weighted by atomic mass is 79.9. The average Bonchev–Trinajstić information content (AvgIpc) is 2.76. The molecule has 0 aliphatic carbocycles. The summed E-state index contributed by atoms with van der Waals surface area (Å²) in [6.07, 6.45) is 0.917. The van der Waals surface area contributed by atoms with Gasteiger partial charge in [0.05, 0.1) is 5.56 Å². The molecule has 1 fully saturated rings. The van der Waals surface area contributed by atoms with Gasteiger partial charge in [-0.1, -0.05) is 15.9 Å². The van der Waals surface area contributed by atoms with Crippen molar-refractivity contribution in [1.82, 2.24) is 10.2 Å². The first-order valence-electron chi connectivity index (χ1n) is 5.53. The maximum atomic E-state index is 13.6. The summed E-state index contributed by atoms with van der Waals surface area (Å²) in [6, 6.07) is 4.84. The van der Waals surface area contributed by atoms with Crippen LogP contribution in [0.2, 0.25) is 0 Å². The molecular formula is C12H15BrClFN2O. The molecule has 1 aliphatic heterocycles. The van der Waals surface area contributed by atoms with E-state index in [9.17, 15) is 9.18 Å². The van der Waals surface area contributed by atoms with E-state index in [0.29, 0.717) is 23.6 Å². The summed E-state index contributed by atoms with van der Waals surface area (Å²) in [5.74, 6) is -0.704. The number of likely N-dealkylation sites (tertiary alicyclic amines) is 1. The van der Waals surface area contributed by atoms with Gasteiger partial charge in [0.25, 0.3) is 5.91 Å². The summed E-state index contributed by atoms with van der Waals surface area (Å²) < 4.78 is 14.3. The zero-order chi connectivity index (χ0) is 12.4. The van der Waals surface area contributed by atoms with Gasteiger partial charge in [-0.3, -0.25) is 4.79 Å². The zero-order valence-corrected chi connectivity index (χ0v) is 12.4. The van der Waals surface area contributed by atoms with Gasteiger partial charge in [-0.15, -0.1) is 12.4 Å². The van der Waals surface area contributed by atoms with Gasteiger partial charge in [-0.25, -0.2) is 4.39 Å². The lowest BCUT2D eigenvalue weighted by Crippen LogP contribution is -2.33. The Morgan fingerprint density at radius 2 is 2.28 bits per heavy atom. The Kier molecular flexibility index (Phi) is 5.56. The van der Waals surface area contributed by atoms with Crippen LogP contribution in [-0.2, 0) is 0 Å². The van der Waals surface area contributed by atoms with Crippen molar-refractivity contribution in [1.29, 1.82) is 0 Å². The molecule has 2 rings (SSSR count). The second kappa shape index (κ2) is 6.50. The molecule has 1 saturated heterocycles. The van der Waals surface area contributed by atoms with E-state index >= 15 is 0 Å². The molecule has 0 spiro atoms. The molecule has 1 aromatic rings. The van der Waals surface area contributed by atoms with Crippen LogP contribution in [0.4, 0.5) is 4.39 Å². The van der Waals surface area contributed by atoms with Crippen LogP contribution in [0, 0.1) is 5.82 Å². The Bertz CT molecular complexity index is 444. The predicted molar refractivity (Wildman–Crippen MR) is 74.7 cm³/mol. The van der Waals surface area contributed by atoms with Crippen molar-refractivity contribution in [2.24, 2.45) is 0 Å². The van der Waals surface area contributed by atoms with Gasteiger partial charge in [-0.05, 0) is 31.7 Å². The van der Waals surface area contributed by atoms with Gasteiger partial charge in [0, 0.05) is 23.6 Å². The first kappa shape index (κ1) is 15.4. The monoisotopic (exact) mass is 336 g/mol. The summed E-state index contributed by atoms with van der Waals surface area (Å²) in [7, 11) is 1.87. The molecular weight excluding hydrogens is 322 g/mol. The SMILES string of the molecule is CNC1CCN(C(=O)c2ccc(Br)cc2F)C1.Cl. The molecule has 1 atom stereocenters. The van der Waals surface area contributed by atoms with Crippen molar-refractivity contribution in [3.63, 3.8) is 0 Å². The van der Waals surface area contributed by atoms with E-state index in [4.69, 9.17) is 0 Å². The van der Waals surface area contributed by atoms with Crippen LogP contribution >= 0.6 is 28.3 Å². The van der Waals surface area contributed by atoms with E-state index in [-0.39, 0.29) is 23.9 Å². The number of carbonyl (C=O) groups excluding carboxylic acids is 1. The number of benzene rings is 1. The standard InChI is InChI=1S/C12H14BrFN2O.ClH/c1-15-9-4-5-16(7-9)12(17)10-3-2-8(13)6-11(10)14;/h2-3,6,9,15H,4-5,7H2,1H3;1H. The Hall–Kier alpha value is -0.650. The van der Waals surface area contributed by atoms with E-state index in [2.05, 4.69) is 21.2 Å². The minimum absolute atomic E-state index is 0. The Morgan fingerprint density at radius 1 is 1.56 bits per heavy atom. The summed E-state index contributed by atoms with van der Waals surface area (Å²) >= 11 is 3.17. The predicted octanol–water partition coefficient (Wildman–Crippen LogP) is 2.44. The van der Waals surface area contributed by atoms with Gasteiger partial charge >= 0.3 is 0 Å². The molecule has 0 bridgehead atoms. The molecule has 100 valence electrons. The highest BCUT2D eigenvalue weighted by Gasteiger charge is 2.27. The van der Waals surface area contributed by atoms with Crippen LogP contribution in [0.1, 0.15) is 16.8 Å². The summed E-state index contributed by atoms with van der Waals surface area (Å²) in [6.45, 7) is 1.32. The minimum Gasteiger partial charge on any atom is -0.337 e. The number of nitrogens with one attached hydrogen (secondary N) is 1. The number of hydrogen-bond acceptors (Lipinski definition) is 2. The molecule has 0 radical (unpaired) electrons. The van der Waals surface area contributed by atoms with Crippen LogP contribution in [0.25, 0.3) is 0 Å². The Labute approximate surface area is 120 Å². The van der Waals surface area contributed by atoms with Crippen LogP contribution in [0.5, 0.6) is 0 Å². The van der Waals surface area contributed by atoms with Crippen molar-refractivity contribution in [3.05, 3.63) is 34.1 Å². The molecule has 0 aromatic heterocycles. The fourth-order valence-corrected chi connectivity index (χ4v) is 2.35. The number of likely N-dealkylation sites (N-methyl/N-ethyl adjacent to an activating group) is 1. The molecule has 6 heteroatoms. The van der Waals surface area contributed by atoms with Crippen LogP contribution < -0.4 is 5.32 Å². The quantitative estimate of drug-likeness (QED) is 0.899. The van der Waals surface area contributed by atoms with Crippen LogP contribution in [-0.4, -0.2) is 37.0 Å². The molecule has 1 heterocycles. The van der Waals surface area contributed by atoms with Gasteiger partial charge < -0.3 is 10.2 Å². The molecule has 0 saturated carbocycles. The number of carbonyl (C=O) groups is 1. The molecule has 1 N–H and O–H groups in total. The molecule has 18 heavy (non-hydrogen) atoms. The maximum absolute atomic E-state index is 13.6. The van der Waals surface area contributed by atoms with Crippen molar-refractivity contribution >= 4 is 34.2 Å². The summed E-state index contributed by atoms with van der Waals surface area (Å²) in [4.78, 5) is 13.8. The third-order valence-corrected chi connectivity index (χ3v) is 3.54. The molecule has 3 nitrogen and oxygen atoms in total. The van der Waals surface area contributed by atoms with Gasteiger partial charge in [-0.2, -0.15) is 0 Å². The van der Waals surface area contributed by atoms with Crippen LogP contribution in [0.15, 0.2) is 22.7 Å². The number of hydrogen-bond donors (Lipinski definition) is 1.